The van der Waals surface area contributed by atoms with Crippen LogP contribution in [0.5, 0.6) is 0 Å². The molecule has 4 nitrogen and oxygen atoms in total. The number of amides is 1. The predicted molar refractivity (Wildman–Crippen MR) is 87.9 cm³/mol. The molecule has 7 heteroatoms. The number of likely N-dealkylation sites (tertiary alicyclic amines) is 1. The fraction of sp³-hybridized carbons (Fsp3) is 0.533. The van der Waals surface area contributed by atoms with Crippen LogP contribution in [0.15, 0.2) is 18.2 Å². The Morgan fingerprint density at radius 1 is 1.41 bits per heavy atom. The molecule has 3 unspecified atom stereocenters. The number of fused-ring (bicyclic) bond motifs is 1. The molecule has 3 atom stereocenters. The summed E-state index contributed by atoms with van der Waals surface area (Å²) in [5.74, 6) is 0.563. The highest BCUT2D eigenvalue weighted by molar-refractivity contribution is 6.31. The molecule has 1 saturated heterocycles. The first kappa shape index (κ1) is 17.5. The molecular weight excluding hydrogens is 328 g/mol. The average molecular weight is 348 g/mol. The Bertz CT molecular complexity index is 558. The lowest BCUT2D eigenvalue weighted by Gasteiger charge is -2.17. The highest BCUT2D eigenvalue weighted by Gasteiger charge is 2.41. The zero-order valence-electron chi connectivity index (χ0n) is 12.1. The van der Waals surface area contributed by atoms with Gasteiger partial charge in [-0.2, -0.15) is 0 Å². The molecule has 0 spiro atoms. The minimum absolute atomic E-state index is 0. The lowest BCUT2D eigenvalue weighted by molar-refractivity contribution is -0.117. The van der Waals surface area contributed by atoms with Gasteiger partial charge in [-0.25, -0.2) is 4.39 Å². The standard InChI is InChI=1S/C15H19ClFN3O.ClH/c16-12-5-10(2-3-13(12)17)19-15(21)8-20-6-9-1-4-14(18)11(9)7-20;/h2-3,5,9,11,14H,1,4,6-8,18H2,(H,19,21);1H. The number of nitrogens with one attached hydrogen (secondary N) is 1. The number of rotatable bonds is 3. The van der Waals surface area contributed by atoms with Crippen molar-refractivity contribution in [1.82, 2.24) is 4.90 Å². The van der Waals surface area contributed by atoms with E-state index >= 15 is 0 Å². The SMILES string of the molecule is Cl.NC1CCC2CN(CC(=O)Nc3ccc(F)c(Cl)c3)CC12. The van der Waals surface area contributed by atoms with E-state index in [4.69, 9.17) is 17.3 Å². The van der Waals surface area contributed by atoms with Gasteiger partial charge in [0, 0.05) is 24.8 Å². The van der Waals surface area contributed by atoms with E-state index in [9.17, 15) is 9.18 Å². The van der Waals surface area contributed by atoms with Crippen LogP contribution in [0.1, 0.15) is 12.8 Å². The number of halogens is 3. The second kappa shape index (κ2) is 7.13. The minimum atomic E-state index is -0.490. The first-order valence-electron chi connectivity index (χ1n) is 7.26. The van der Waals surface area contributed by atoms with Gasteiger partial charge in [-0.3, -0.25) is 9.69 Å². The second-order valence-electron chi connectivity index (χ2n) is 6.04. The maximum absolute atomic E-state index is 13.1. The van der Waals surface area contributed by atoms with Gasteiger partial charge in [0.05, 0.1) is 11.6 Å². The van der Waals surface area contributed by atoms with Crippen LogP contribution in [0, 0.1) is 17.7 Å². The predicted octanol–water partition coefficient (Wildman–Crippen LogP) is 2.51. The molecule has 1 saturated carbocycles. The van der Waals surface area contributed by atoms with Crippen LogP contribution in [0.4, 0.5) is 10.1 Å². The fourth-order valence-electron chi connectivity index (χ4n) is 3.51. The van der Waals surface area contributed by atoms with Crippen molar-refractivity contribution in [2.75, 3.05) is 25.0 Å². The van der Waals surface area contributed by atoms with Crippen molar-refractivity contribution >= 4 is 35.6 Å². The summed E-state index contributed by atoms with van der Waals surface area (Å²) < 4.78 is 13.1. The minimum Gasteiger partial charge on any atom is -0.327 e. The summed E-state index contributed by atoms with van der Waals surface area (Å²) in [5.41, 5.74) is 6.61. The van der Waals surface area contributed by atoms with Crippen LogP contribution in [-0.2, 0) is 4.79 Å². The summed E-state index contributed by atoms with van der Waals surface area (Å²) in [6, 6.07) is 4.45. The lowest BCUT2D eigenvalue weighted by Crippen LogP contribution is -2.34. The lowest BCUT2D eigenvalue weighted by atomic mass is 9.98. The Kier molecular flexibility index (Phi) is 5.66. The zero-order valence-corrected chi connectivity index (χ0v) is 13.7. The third kappa shape index (κ3) is 3.71. The normalized spacial score (nSPS) is 27.3. The summed E-state index contributed by atoms with van der Waals surface area (Å²) in [7, 11) is 0. The second-order valence-corrected chi connectivity index (χ2v) is 6.44. The van der Waals surface area contributed by atoms with Gasteiger partial charge >= 0.3 is 0 Å². The number of benzene rings is 1. The van der Waals surface area contributed by atoms with E-state index in [1.54, 1.807) is 0 Å². The molecule has 1 aromatic rings. The van der Waals surface area contributed by atoms with Crippen molar-refractivity contribution in [3.05, 3.63) is 29.0 Å². The molecule has 2 fully saturated rings. The van der Waals surface area contributed by atoms with Crippen molar-refractivity contribution in [2.45, 2.75) is 18.9 Å². The molecule has 0 radical (unpaired) electrons. The third-order valence-electron chi connectivity index (χ3n) is 4.56. The number of hydrogen-bond donors (Lipinski definition) is 2. The molecule has 1 aliphatic heterocycles. The number of anilines is 1. The summed E-state index contributed by atoms with van der Waals surface area (Å²) in [4.78, 5) is 14.2. The van der Waals surface area contributed by atoms with Gasteiger partial charge in [0.1, 0.15) is 5.82 Å². The smallest absolute Gasteiger partial charge is 0.238 e. The van der Waals surface area contributed by atoms with E-state index in [-0.39, 0.29) is 29.4 Å². The number of carbonyl (C=O) groups is 1. The van der Waals surface area contributed by atoms with Crippen molar-refractivity contribution < 1.29 is 9.18 Å². The molecule has 3 N–H and O–H groups in total. The van der Waals surface area contributed by atoms with Gasteiger partial charge in [0.2, 0.25) is 5.91 Å². The van der Waals surface area contributed by atoms with Crippen LogP contribution >= 0.6 is 24.0 Å². The Balaban J connectivity index is 0.00000176. The number of hydrogen-bond acceptors (Lipinski definition) is 3. The molecule has 1 amide bonds. The Labute approximate surface area is 140 Å². The Morgan fingerprint density at radius 2 is 2.18 bits per heavy atom. The van der Waals surface area contributed by atoms with Crippen molar-refractivity contribution in [1.29, 1.82) is 0 Å². The number of nitrogens with zero attached hydrogens (tertiary/aromatic N) is 1. The maximum Gasteiger partial charge on any atom is 0.238 e. The summed E-state index contributed by atoms with van der Waals surface area (Å²) in [6.45, 7) is 2.17. The quantitative estimate of drug-likeness (QED) is 0.883. The maximum atomic E-state index is 13.1. The van der Waals surface area contributed by atoms with Gasteiger partial charge in [-0.1, -0.05) is 11.6 Å². The summed E-state index contributed by atoms with van der Waals surface area (Å²) >= 11 is 5.70. The van der Waals surface area contributed by atoms with E-state index in [0.29, 0.717) is 24.1 Å². The van der Waals surface area contributed by atoms with Gasteiger partial charge in [0.15, 0.2) is 0 Å². The molecule has 122 valence electrons. The monoisotopic (exact) mass is 347 g/mol. The van der Waals surface area contributed by atoms with E-state index in [1.807, 2.05) is 0 Å². The van der Waals surface area contributed by atoms with E-state index in [1.165, 1.54) is 18.2 Å². The van der Waals surface area contributed by atoms with Crippen molar-refractivity contribution in [3.63, 3.8) is 0 Å². The summed E-state index contributed by atoms with van der Waals surface area (Å²) in [5, 5.41) is 2.76. The highest BCUT2D eigenvalue weighted by Crippen LogP contribution is 2.36. The fourth-order valence-corrected chi connectivity index (χ4v) is 3.69. The third-order valence-corrected chi connectivity index (χ3v) is 4.85. The molecule has 2 aliphatic rings. The van der Waals surface area contributed by atoms with E-state index in [2.05, 4.69) is 10.2 Å². The average Bonchev–Trinajstić information content (AvgIpc) is 2.96. The molecule has 1 heterocycles. The number of nitrogens with two attached hydrogens (primary N) is 1. The van der Waals surface area contributed by atoms with Crippen LogP contribution < -0.4 is 11.1 Å². The van der Waals surface area contributed by atoms with E-state index < -0.39 is 5.82 Å². The number of carbonyl (C=O) groups excluding carboxylic acids is 1. The van der Waals surface area contributed by atoms with Gasteiger partial charge in [-0.05, 0) is 42.9 Å². The van der Waals surface area contributed by atoms with Crippen LogP contribution in [-0.4, -0.2) is 36.5 Å². The topological polar surface area (TPSA) is 58.4 Å². The van der Waals surface area contributed by atoms with Gasteiger partial charge in [-0.15, -0.1) is 12.4 Å². The van der Waals surface area contributed by atoms with Crippen molar-refractivity contribution in [3.8, 4) is 0 Å². The molecule has 1 aliphatic carbocycles. The van der Waals surface area contributed by atoms with Crippen molar-refractivity contribution in [2.24, 2.45) is 17.6 Å². The first-order valence-corrected chi connectivity index (χ1v) is 7.63. The van der Waals surface area contributed by atoms with Crippen LogP contribution in [0.25, 0.3) is 0 Å². The molecule has 0 bridgehead atoms. The zero-order chi connectivity index (χ0) is 15.0. The molecular formula is C15H20Cl2FN3O. The molecule has 22 heavy (non-hydrogen) atoms. The first-order chi connectivity index (χ1) is 10.0. The van der Waals surface area contributed by atoms with Crippen LogP contribution in [0.2, 0.25) is 5.02 Å². The summed E-state index contributed by atoms with van der Waals surface area (Å²) in [6.07, 6.45) is 2.26. The molecule has 3 rings (SSSR count). The van der Waals surface area contributed by atoms with Crippen LogP contribution in [0.3, 0.4) is 0 Å². The van der Waals surface area contributed by atoms with Gasteiger partial charge < -0.3 is 11.1 Å². The molecule has 1 aromatic carbocycles. The van der Waals surface area contributed by atoms with E-state index in [0.717, 1.165) is 25.9 Å². The van der Waals surface area contributed by atoms with Gasteiger partial charge in [0.25, 0.3) is 0 Å². The Morgan fingerprint density at radius 3 is 2.86 bits per heavy atom. The largest absolute Gasteiger partial charge is 0.327 e. The molecule has 0 aromatic heterocycles. The Hall–Kier alpha value is -0.880. The highest BCUT2D eigenvalue weighted by atomic mass is 35.5.